The van der Waals surface area contributed by atoms with E-state index in [1.807, 2.05) is 6.07 Å². The lowest BCUT2D eigenvalue weighted by molar-refractivity contribution is -0.141. The molecule has 92 valence electrons. The van der Waals surface area contributed by atoms with E-state index in [-0.39, 0.29) is 12.2 Å². The summed E-state index contributed by atoms with van der Waals surface area (Å²) in [5.41, 5.74) is 1.35. The standard InChI is InChI=1S/C14H13NO3/c1-9(14(17)18)7-13(16)11-4-5-12-10(8-11)3-2-6-15-12/h2-6,8-9H,7H2,1H3,(H,17,18). The molecule has 1 atom stereocenters. The Morgan fingerprint density at radius 2 is 2.11 bits per heavy atom. The van der Waals surface area contributed by atoms with Crippen molar-refractivity contribution in [1.29, 1.82) is 0 Å². The van der Waals surface area contributed by atoms with Crippen LogP contribution in [0, 0.1) is 5.92 Å². The molecule has 0 aliphatic heterocycles. The van der Waals surface area contributed by atoms with Gasteiger partial charge in [0.2, 0.25) is 0 Å². The fourth-order valence-corrected chi connectivity index (χ4v) is 1.73. The highest BCUT2D eigenvalue weighted by molar-refractivity contribution is 6.00. The summed E-state index contributed by atoms with van der Waals surface area (Å²) in [7, 11) is 0. The van der Waals surface area contributed by atoms with Crippen LogP contribution in [-0.4, -0.2) is 21.8 Å². The SMILES string of the molecule is CC(CC(=O)c1ccc2ncccc2c1)C(=O)O. The molecule has 0 amide bonds. The Labute approximate surface area is 104 Å². The van der Waals surface area contributed by atoms with E-state index >= 15 is 0 Å². The van der Waals surface area contributed by atoms with Gasteiger partial charge < -0.3 is 5.11 Å². The fraction of sp³-hybridized carbons (Fsp3) is 0.214. The van der Waals surface area contributed by atoms with E-state index in [2.05, 4.69) is 4.98 Å². The van der Waals surface area contributed by atoms with Crippen molar-refractivity contribution in [2.75, 3.05) is 0 Å². The zero-order valence-electron chi connectivity index (χ0n) is 9.96. The summed E-state index contributed by atoms with van der Waals surface area (Å²) in [5.74, 6) is -1.77. The van der Waals surface area contributed by atoms with Crippen LogP contribution in [-0.2, 0) is 4.79 Å². The molecule has 1 aromatic heterocycles. The number of aliphatic carboxylic acids is 1. The molecule has 4 nitrogen and oxygen atoms in total. The van der Waals surface area contributed by atoms with Crippen molar-refractivity contribution >= 4 is 22.7 Å². The molecule has 1 unspecified atom stereocenters. The minimum Gasteiger partial charge on any atom is -0.481 e. The number of carboxylic acid groups (broad SMARTS) is 1. The summed E-state index contributed by atoms with van der Waals surface area (Å²) in [4.78, 5) is 26.8. The maximum absolute atomic E-state index is 11.9. The maximum Gasteiger partial charge on any atom is 0.306 e. The molecule has 0 saturated carbocycles. The van der Waals surface area contributed by atoms with Gasteiger partial charge in [0, 0.05) is 23.6 Å². The summed E-state index contributed by atoms with van der Waals surface area (Å²) in [6, 6.07) is 8.88. The number of nitrogens with zero attached hydrogens (tertiary/aromatic N) is 1. The molecule has 2 aromatic rings. The lowest BCUT2D eigenvalue weighted by Gasteiger charge is -2.06. The highest BCUT2D eigenvalue weighted by Crippen LogP contribution is 2.16. The van der Waals surface area contributed by atoms with Crippen LogP contribution in [0.3, 0.4) is 0 Å². The molecule has 0 aliphatic carbocycles. The van der Waals surface area contributed by atoms with Gasteiger partial charge in [-0.2, -0.15) is 0 Å². The van der Waals surface area contributed by atoms with Gasteiger partial charge in [-0.25, -0.2) is 0 Å². The van der Waals surface area contributed by atoms with E-state index in [0.717, 1.165) is 10.9 Å². The van der Waals surface area contributed by atoms with Crippen molar-refractivity contribution in [3.63, 3.8) is 0 Å². The molecular weight excluding hydrogens is 230 g/mol. The van der Waals surface area contributed by atoms with E-state index in [9.17, 15) is 9.59 Å². The first-order valence-electron chi connectivity index (χ1n) is 5.68. The summed E-state index contributed by atoms with van der Waals surface area (Å²) >= 11 is 0. The lowest BCUT2D eigenvalue weighted by atomic mass is 9.99. The van der Waals surface area contributed by atoms with Crippen LogP contribution in [0.1, 0.15) is 23.7 Å². The largest absolute Gasteiger partial charge is 0.481 e. The van der Waals surface area contributed by atoms with Crippen molar-refractivity contribution in [1.82, 2.24) is 4.98 Å². The first-order chi connectivity index (χ1) is 8.58. The summed E-state index contributed by atoms with van der Waals surface area (Å²) in [6.07, 6.45) is 1.71. The van der Waals surface area contributed by atoms with Gasteiger partial charge in [0.05, 0.1) is 11.4 Å². The number of carbonyl (C=O) groups is 2. The van der Waals surface area contributed by atoms with Gasteiger partial charge in [-0.15, -0.1) is 0 Å². The quantitative estimate of drug-likeness (QED) is 0.838. The Balaban J connectivity index is 2.25. The fourth-order valence-electron chi connectivity index (χ4n) is 1.73. The first kappa shape index (κ1) is 12.2. The van der Waals surface area contributed by atoms with Crippen molar-refractivity contribution in [2.24, 2.45) is 5.92 Å². The van der Waals surface area contributed by atoms with Crippen LogP contribution in [0.2, 0.25) is 0 Å². The second-order valence-corrected chi connectivity index (χ2v) is 4.28. The average molecular weight is 243 g/mol. The van der Waals surface area contributed by atoms with Gasteiger partial charge >= 0.3 is 5.97 Å². The van der Waals surface area contributed by atoms with E-state index in [1.165, 1.54) is 6.92 Å². The molecule has 0 aliphatic rings. The van der Waals surface area contributed by atoms with Gasteiger partial charge in [-0.1, -0.05) is 13.0 Å². The number of ketones is 1. The molecule has 18 heavy (non-hydrogen) atoms. The van der Waals surface area contributed by atoms with E-state index in [4.69, 9.17) is 5.11 Å². The van der Waals surface area contributed by atoms with Crippen LogP contribution in [0.25, 0.3) is 10.9 Å². The molecular formula is C14H13NO3. The molecule has 1 aromatic carbocycles. The van der Waals surface area contributed by atoms with Crippen molar-refractivity contribution in [2.45, 2.75) is 13.3 Å². The zero-order chi connectivity index (χ0) is 13.1. The number of hydrogen-bond donors (Lipinski definition) is 1. The smallest absolute Gasteiger partial charge is 0.306 e. The Hall–Kier alpha value is -2.23. The van der Waals surface area contributed by atoms with E-state index in [1.54, 1.807) is 30.5 Å². The molecule has 2 rings (SSSR count). The first-order valence-corrected chi connectivity index (χ1v) is 5.68. The minimum atomic E-state index is -0.953. The Morgan fingerprint density at radius 3 is 2.83 bits per heavy atom. The number of carbonyl (C=O) groups excluding carboxylic acids is 1. The molecule has 1 N–H and O–H groups in total. The van der Waals surface area contributed by atoms with E-state index < -0.39 is 11.9 Å². The molecule has 0 bridgehead atoms. The number of hydrogen-bond acceptors (Lipinski definition) is 3. The zero-order valence-corrected chi connectivity index (χ0v) is 9.96. The van der Waals surface area contributed by atoms with Crippen LogP contribution in [0.4, 0.5) is 0 Å². The third kappa shape index (κ3) is 2.53. The predicted molar refractivity (Wildman–Crippen MR) is 67.5 cm³/mol. The molecule has 0 radical (unpaired) electrons. The van der Waals surface area contributed by atoms with Crippen LogP contribution >= 0.6 is 0 Å². The minimum absolute atomic E-state index is 0.0150. The third-order valence-electron chi connectivity index (χ3n) is 2.84. The molecule has 1 heterocycles. The van der Waals surface area contributed by atoms with Gasteiger partial charge in [-0.05, 0) is 24.3 Å². The molecule has 0 spiro atoms. The number of pyridine rings is 1. The molecule has 0 saturated heterocycles. The Kier molecular flexibility index (Phi) is 3.37. The normalized spacial score (nSPS) is 12.3. The third-order valence-corrected chi connectivity index (χ3v) is 2.84. The van der Waals surface area contributed by atoms with Crippen molar-refractivity contribution in [3.05, 3.63) is 42.1 Å². The average Bonchev–Trinajstić information content (AvgIpc) is 2.37. The second-order valence-electron chi connectivity index (χ2n) is 4.28. The van der Waals surface area contributed by atoms with Gasteiger partial charge in [-0.3, -0.25) is 14.6 Å². The van der Waals surface area contributed by atoms with Crippen LogP contribution in [0.5, 0.6) is 0 Å². The number of carboxylic acids is 1. The van der Waals surface area contributed by atoms with Crippen molar-refractivity contribution < 1.29 is 14.7 Å². The lowest BCUT2D eigenvalue weighted by Crippen LogP contribution is -2.14. The molecule has 0 fully saturated rings. The van der Waals surface area contributed by atoms with Gasteiger partial charge in [0.1, 0.15) is 0 Å². The predicted octanol–water partition coefficient (Wildman–Crippen LogP) is 2.53. The highest BCUT2D eigenvalue weighted by atomic mass is 16.4. The maximum atomic E-state index is 11.9. The number of Topliss-reactive ketones (excluding diaryl/α,β-unsaturated/α-hetero) is 1. The van der Waals surface area contributed by atoms with E-state index in [0.29, 0.717) is 5.56 Å². The topological polar surface area (TPSA) is 67.3 Å². The summed E-state index contributed by atoms with van der Waals surface area (Å²) in [5, 5.41) is 9.67. The highest BCUT2D eigenvalue weighted by Gasteiger charge is 2.17. The summed E-state index contributed by atoms with van der Waals surface area (Å²) in [6.45, 7) is 1.53. The molecule has 4 heteroatoms. The van der Waals surface area contributed by atoms with Crippen LogP contribution in [0.15, 0.2) is 36.5 Å². The Morgan fingerprint density at radius 1 is 1.33 bits per heavy atom. The Bertz CT molecular complexity index is 607. The second kappa shape index (κ2) is 4.96. The van der Waals surface area contributed by atoms with Gasteiger partial charge in [0.25, 0.3) is 0 Å². The monoisotopic (exact) mass is 243 g/mol. The summed E-state index contributed by atoms with van der Waals surface area (Å²) < 4.78 is 0. The van der Waals surface area contributed by atoms with Crippen LogP contribution < -0.4 is 0 Å². The number of rotatable bonds is 4. The number of fused-ring (bicyclic) bond motifs is 1. The van der Waals surface area contributed by atoms with Crippen molar-refractivity contribution in [3.8, 4) is 0 Å². The van der Waals surface area contributed by atoms with Gasteiger partial charge in [0.15, 0.2) is 5.78 Å². The number of benzene rings is 1. The number of aromatic nitrogens is 1.